The van der Waals surface area contributed by atoms with E-state index in [1.54, 1.807) is 0 Å². The second-order valence-corrected chi connectivity index (χ2v) is 7.96. The van der Waals surface area contributed by atoms with Gasteiger partial charge in [-0.2, -0.15) is 18.3 Å². The van der Waals surface area contributed by atoms with E-state index >= 15 is 0 Å². The predicted octanol–water partition coefficient (Wildman–Crippen LogP) is 2.91. The summed E-state index contributed by atoms with van der Waals surface area (Å²) in [5.74, 6) is -0.337. The lowest BCUT2D eigenvalue weighted by molar-refractivity contribution is -0.173. The van der Waals surface area contributed by atoms with Crippen molar-refractivity contribution in [2.75, 3.05) is 44.7 Å². The van der Waals surface area contributed by atoms with Gasteiger partial charge >= 0.3 is 6.18 Å². The third-order valence-corrected chi connectivity index (χ3v) is 5.78. The lowest BCUT2D eigenvalue weighted by atomic mass is 9.96. The van der Waals surface area contributed by atoms with Crippen LogP contribution in [0.15, 0.2) is 30.5 Å². The van der Waals surface area contributed by atoms with E-state index in [1.165, 1.54) is 6.20 Å². The van der Waals surface area contributed by atoms with Gasteiger partial charge in [0, 0.05) is 32.6 Å². The molecule has 0 aliphatic carbocycles. The number of nitrogens with one attached hydrogen (secondary N) is 2. The highest BCUT2D eigenvalue weighted by Gasteiger charge is 2.47. The number of fused-ring (bicyclic) bond motifs is 1. The molecule has 0 saturated carbocycles. The number of benzene rings is 1. The minimum atomic E-state index is -4.48. The highest BCUT2D eigenvalue weighted by Crippen LogP contribution is 2.44. The maximum Gasteiger partial charge on any atom is 0.410 e. The number of carbonyl (C=O) groups is 1. The zero-order chi connectivity index (χ0) is 22.0. The summed E-state index contributed by atoms with van der Waals surface area (Å²) in [6.07, 6.45) is -3.46. The van der Waals surface area contributed by atoms with Crippen molar-refractivity contribution in [1.29, 1.82) is 0 Å². The first kappa shape index (κ1) is 21.6. The van der Waals surface area contributed by atoms with E-state index in [0.29, 0.717) is 26.3 Å². The molecule has 1 aromatic heterocycles. The molecule has 31 heavy (non-hydrogen) atoms. The number of amides is 1. The first-order valence-electron chi connectivity index (χ1n) is 10.4. The normalized spacial score (nSPS) is 21.9. The van der Waals surface area contributed by atoms with Crippen LogP contribution in [0.1, 0.15) is 40.0 Å². The van der Waals surface area contributed by atoms with Gasteiger partial charge in [-0.05, 0) is 12.5 Å². The summed E-state index contributed by atoms with van der Waals surface area (Å²) in [4.78, 5) is 14.9. The van der Waals surface area contributed by atoms with Crippen molar-refractivity contribution in [2.24, 2.45) is 0 Å². The Morgan fingerprint density at radius 1 is 1.26 bits per heavy atom. The van der Waals surface area contributed by atoms with Gasteiger partial charge in [0.15, 0.2) is 6.04 Å². The molecule has 0 radical (unpaired) electrons. The average Bonchev–Trinajstić information content (AvgIpc) is 3.17. The van der Waals surface area contributed by atoms with Gasteiger partial charge < -0.3 is 15.4 Å². The van der Waals surface area contributed by atoms with Gasteiger partial charge in [0.2, 0.25) is 0 Å². The summed E-state index contributed by atoms with van der Waals surface area (Å²) in [5.41, 5.74) is 1.89. The second-order valence-electron chi connectivity index (χ2n) is 7.96. The molecule has 1 amide bonds. The molecule has 1 fully saturated rings. The molecule has 7 nitrogen and oxygen atoms in total. The first-order chi connectivity index (χ1) is 14.8. The van der Waals surface area contributed by atoms with Crippen molar-refractivity contribution >= 4 is 11.7 Å². The Bertz CT molecular complexity index is 907. The molecule has 2 aromatic rings. The fourth-order valence-electron chi connectivity index (χ4n) is 3.99. The number of nitrogens with zero attached hydrogens (tertiary/aromatic N) is 3. The number of halogens is 3. The maximum atomic E-state index is 13.8. The van der Waals surface area contributed by atoms with Crippen molar-refractivity contribution in [2.45, 2.75) is 31.6 Å². The average molecular weight is 437 g/mol. The molecule has 2 aliphatic heterocycles. The Kier molecular flexibility index (Phi) is 6.19. The van der Waals surface area contributed by atoms with E-state index in [1.807, 2.05) is 31.2 Å². The van der Waals surface area contributed by atoms with Crippen molar-refractivity contribution in [1.82, 2.24) is 20.0 Å². The fraction of sp³-hybridized carbons (Fsp3) is 0.524. The highest BCUT2D eigenvalue weighted by atomic mass is 19.4. The number of hydrogen-bond donors (Lipinski definition) is 2. The molecule has 10 heteroatoms. The minimum Gasteiger partial charge on any atom is -0.379 e. The van der Waals surface area contributed by atoms with Gasteiger partial charge in [-0.15, -0.1) is 0 Å². The quantitative estimate of drug-likeness (QED) is 0.753. The van der Waals surface area contributed by atoms with Crippen LogP contribution in [0.25, 0.3) is 0 Å². The minimum absolute atomic E-state index is 0.100. The topological polar surface area (TPSA) is 71.4 Å². The number of aryl methyl sites for hydroxylation is 1. The SMILES string of the molecule is Cc1ccc([C@H]2C[C@H](C(F)(F)F)n3ncc(C(=O)NCCN4CCOCC4)c3N2)cc1. The van der Waals surface area contributed by atoms with Crippen LogP contribution in [0, 0.1) is 6.92 Å². The number of anilines is 1. The fourth-order valence-corrected chi connectivity index (χ4v) is 3.99. The van der Waals surface area contributed by atoms with Crippen molar-refractivity contribution < 1.29 is 22.7 Å². The molecular weight excluding hydrogens is 411 g/mol. The smallest absolute Gasteiger partial charge is 0.379 e. The van der Waals surface area contributed by atoms with E-state index < -0.39 is 24.2 Å². The molecule has 1 aromatic carbocycles. The Balaban J connectivity index is 1.51. The number of ether oxygens (including phenoxy) is 1. The van der Waals surface area contributed by atoms with Gasteiger partial charge in [0.05, 0.1) is 25.5 Å². The predicted molar refractivity (Wildman–Crippen MR) is 109 cm³/mol. The third-order valence-electron chi connectivity index (χ3n) is 5.78. The molecule has 2 atom stereocenters. The molecule has 2 aliphatic rings. The van der Waals surface area contributed by atoms with Crippen LogP contribution >= 0.6 is 0 Å². The van der Waals surface area contributed by atoms with E-state index in [-0.39, 0.29) is 17.8 Å². The van der Waals surface area contributed by atoms with Crippen LogP contribution in [-0.4, -0.2) is 66.2 Å². The molecule has 4 rings (SSSR count). The number of carbonyl (C=O) groups excluding carboxylic acids is 1. The third kappa shape index (κ3) is 4.85. The van der Waals surface area contributed by atoms with E-state index in [4.69, 9.17) is 4.74 Å². The molecule has 0 unspecified atom stereocenters. The second kappa shape index (κ2) is 8.88. The molecule has 2 N–H and O–H groups in total. The maximum absolute atomic E-state index is 13.8. The zero-order valence-electron chi connectivity index (χ0n) is 17.3. The summed E-state index contributed by atoms with van der Waals surface area (Å²) in [7, 11) is 0. The van der Waals surface area contributed by atoms with E-state index in [0.717, 1.165) is 28.9 Å². The van der Waals surface area contributed by atoms with Crippen LogP contribution in [0.5, 0.6) is 0 Å². The summed E-state index contributed by atoms with van der Waals surface area (Å²) >= 11 is 0. The van der Waals surface area contributed by atoms with Crippen molar-refractivity contribution in [3.63, 3.8) is 0 Å². The summed E-state index contributed by atoms with van der Waals surface area (Å²) < 4.78 is 47.6. The number of alkyl halides is 3. The van der Waals surface area contributed by atoms with Crippen molar-refractivity contribution in [3.8, 4) is 0 Å². The lowest BCUT2D eigenvalue weighted by Gasteiger charge is -2.34. The van der Waals surface area contributed by atoms with E-state index in [2.05, 4.69) is 20.6 Å². The Hall–Kier alpha value is -2.59. The van der Waals surface area contributed by atoms with Gasteiger partial charge in [-0.3, -0.25) is 9.69 Å². The van der Waals surface area contributed by atoms with Crippen LogP contribution in [0.4, 0.5) is 19.0 Å². The Labute approximate surface area is 178 Å². The number of hydrogen-bond acceptors (Lipinski definition) is 5. The highest BCUT2D eigenvalue weighted by molar-refractivity contribution is 5.98. The van der Waals surface area contributed by atoms with E-state index in [9.17, 15) is 18.0 Å². The van der Waals surface area contributed by atoms with Crippen LogP contribution in [0.3, 0.4) is 0 Å². The van der Waals surface area contributed by atoms with Crippen molar-refractivity contribution in [3.05, 3.63) is 47.2 Å². The summed E-state index contributed by atoms with van der Waals surface area (Å²) in [5, 5.41) is 9.83. The number of morpholine rings is 1. The van der Waals surface area contributed by atoms with Gasteiger partial charge in [0.1, 0.15) is 11.4 Å². The molecule has 1 saturated heterocycles. The standard InChI is InChI=1S/C21H26F3N5O2/c1-14-2-4-15(5-3-14)17-12-18(21(22,23)24)29-19(27-17)16(13-26-29)20(30)25-6-7-28-8-10-31-11-9-28/h2-5,13,17-18,27H,6-12H2,1H3,(H,25,30)/t17-,18-/m1/s1. The Morgan fingerprint density at radius 3 is 2.65 bits per heavy atom. The summed E-state index contributed by atoms with van der Waals surface area (Å²) in [6.45, 7) is 5.89. The van der Waals surface area contributed by atoms with Crippen LogP contribution in [0.2, 0.25) is 0 Å². The molecule has 0 spiro atoms. The lowest BCUT2D eigenvalue weighted by Crippen LogP contribution is -2.41. The number of aromatic nitrogens is 2. The molecule has 168 valence electrons. The molecular formula is C21H26F3N5O2. The first-order valence-corrected chi connectivity index (χ1v) is 10.4. The Morgan fingerprint density at radius 2 is 1.97 bits per heavy atom. The van der Waals surface area contributed by atoms with Gasteiger partial charge in [0.25, 0.3) is 5.91 Å². The monoisotopic (exact) mass is 437 g/mol. The van der Waals surface area contributed by atoms with Gasteiger partial charge in [-0.1, -0.05) is 29.8 Å². The molecule has 3 heterocycles. The van der Waals surface area contributed by atoms with Gasteiger partial charge in [-0.25, -0.2) is 4.68 Å². The van der Waals surface area contributed by atoms with Crippen LogP contribution in [-0.2, 0) is 4.74 Å². The summed E-state index contributed by atoms with van der Waals surface area (Å²) in [6, 6.07) is 4.99. The number of rotatable bonds is 5. The zero-order valence-corrected chi connectivity index (χ0v) is 17.3. The molecule has 0 bridgehead atoms. The largest absolute Gasteiger partial charge is 0.410 e. The van der Waals surface area contributed by atoms with Crippen LogP contribution < -0.4 is 10.6 Å².